The van der Waals surface area contributed by atoms with Crippen LogP contribution in [0.3, 0.4) is 0 Å². The lowest BCUT2D eigenvalue weighted by molar-refractivity contribution is -0.0667. The van der Waals surface area contributed by atoms with Crippen LogP contribution < -0.4 is 0 Å². The number of hydrogen-bond acceptors (Lipinski definition) is 5. The molecule has 1 N–H and O–H groups in total. The zero-order valence-electron chi connectivity index (χ0n) is 13.2. The summed E-state index contributed by atoms with van der Waals surface area (Å²) in [5.74, 6) is -0.0342. The van der Waals surface area contributed by atoms with Crippen molar-refractivity contribution in [2.24, 2.45) is 0 Å². The average molecular weight is 332 g/mol. The van der Waals surface area contributed by atoms with Gasteiger partial charge in [-0.25, -0.2) is 4.98 Å². The average Bonchev–Trinajstić information content (AvgIpc) is 3.01. The number of hydrogen-bond donors (Lipinski definition) is 1. The number of morpholine rings is 1. The lowest BCUT2D eigenvalue weighted by Gasteiger charge is -2.37. The highest BCUT2D eigenvalue weighted by Crippen LogP contribution is 2.24. The van der Waals surface area contributed by atoms with Crippen molar-refractivity contribution in [1.29, 1.82) is 0 Å². The van der Waals surface area contributed by atoms with Gasteiger partial charge < -0.3 is 14.7 Å². The van der Waals surface area contributed by atoms with Crippen molar-refractivity contribution in [3.8, 4) is 11.3 Å². The van der Waals surface area contributed by atoms with Crippen LogP contribution in [0.15, 0.2) is 29.6 Å². The highest BCUT2D eigenvalue weighted by molar-refractivity contribution is 7.09. The molecule has 1 amide bonds. The molecule has 5 nitrogen and oxygen atoms in total. The lowest BCUT2D eigenvalue weighted by Crippen LogP contribution is -2.52. The molecule has 1 aliphatic heterocycles. The summed E-state index contributed by atoms with van der Waals surface area (Å²) in [7, 11) is 0. The largest absolute Gasteiger partial charge is 0.394 e. The van der Waals surface area contributed by atoms with Crippen LogP contribution in [0.5, 0.6) is 0 Å². The van der Waals surface area contributed by atoms with Gasteiger partial charge in [0, 0.05) is 23.1 Å². The number of ether oxygens (including phenoxy) is 1. The molecule has 1 fully saturated rings. The van der Waals surface area contributed by atoms with Crippen molar-refractivity contribution in [2.75, 3.05) is 19.8 Å². The van der Waals surface area contributed by atoms with E-state index in [0.717, 1.165) is 16.3 Å². The summed E-state index contributed by atoms with van der Waals surface area (Å²) in [5, 5.41) is 12.3. The van der Waals surface area contributed by atoms with Gasteiger partial charge in [0.05, 0.1) is 36.1 Å². The van der Waals surface area contributed by atoms with E-state index in [0.29, 0.717) is 18.7 Å². The Morgan fingerprint density at radius 3 is 3.04 bits per heavy atom. The number of carbonyl (C=O) groups excluding carboxylic acids is 1. The molecule has 2 aromatic rings. The fraction of sp³-hybridized carbons (Fsp3) is 0.412. The summed E-state index contributed by atoms with van der Waals surface area (Å²) in [5.41, 5.74) is 2.48. The van der Waals surface area contributed by atoms with Gasteiger partial charge in [0.2, 0.25) is 0 Å². The van der Waals surface area contributed by atoms with Crippen LogP contribution in [-0.4, -0.2) is 52.8 Å². The molecule has 23 heavy (non-hydrogen) atoms. The van der Waals surface area contributed by atoms with E-state index in [2.05, 4.69) is 4.98 Å². The predicted molar refractivity (Wildman–Crippen MR) is 89.6 cm³/mol. The van der Waals surface area contributed by atoms with Crippen LogP contribution in [0.4, 0.5) is 0 Å². The third kappa shape index (κ3) is 3.44. The van der Waals surface area contributed by atoms with Gasteiger partial charge in [-0.2, -0.15) is 0 Å². The molecule has 2 unspecified atom stereocenters. The van der Waals surface area contributed by atoms with Gasteiger partial charge in [-0.3, -0.25) is 4.79 Å². The van der Waals surface area contributed by atoms with Crippen LogP contribution in [0, 0.1) is 6.92 Å². The molecule has 1 aliphatic rings. The molecule has 1 saturated heterocycles. The molecule has 0 bridgehead atoms. The third-order valence-electron chi connectivity index (χ3n) is 3.99. The fourth-order valence-electron chi connectivity index (χ4n) is 2.68. The van der Waals surface area contributed by atoms with E-state index in [1.54, 1.807) is 16.2 Å². The summed E-state index contributed by atoms with van der Waals surface area (Å²) >= 11 is 1.59. The van der Waals surface area contributed by atoms with Gasteiger partial charge >= 0.3 is 0 Å². The lowest BCUT2D eigenvalue weighted by atomic mass is 10.1. The van der Waals surface area contributed by atoms with E-state index in [9.17, 15) is 9.90 Å². The molecule has 0 spiro atoms. The second-order valence-corrected chi connectivity index (χ2v) is 6.84. The number of aromatic nitrogens is 1. The highest BCUT2D eigenvalue weighted by Gasteiger charge is 2.30. The Hall–Kier alpha value is -1.76. The number of benzene rings is 1. The van der Waals surface area contributed by atoms with E-state index in [1.807, 2.05) is 43.5 Å². The van der Waals surface area contributed by atoms with Crippen molar-refractivity contribution < 1.29 is 14.6 Å². The Balaban J connectivity index is 1.84. The molecule has 6 heteroatoms. The molecule has 3 rings (SSSR count). The number of nitrogens with zero attached hydrogens (tertiary/aromatic N) is 2. The summed E-state index contributed by atoms with van der Waals surface area (Å²) < 4.78 is 5.50. The Morgan fingerprint density at radius 1 is 1.52 bits per heavy atom. The Labute approximate surface area is 139 Å². The van der Waals surface area contributed by atoms with Gasteiger partial charge in [0.25, 0.3) is 5.91 Å². The molecule has 0 saturated carbocycles. The van der Waals surface area contributed by atoms with Gasteiger partial charge in [-0.1, -0.05) is 12.1 Å². The zero-order valence-corrected chi connectivity index (χ0v) is 14.0. The van der Waals surface area contributed by atoms with Crippen LogP contribution >= 0.6 is 11.3 Å². The first-order valence-electron chi connectivity index (χ1n) is 7.64. The second-order valence-electron chi connectivity index (χ2n) is 5.78. The summed E-state index contributed by atoms with van der Waals surface area (Å²) in [6, 6.07) is 7.54. The smallest absolute Gasteiger partial charge is 0.254 e. The minimum atomic E-state index is -0.306. The SMILES string of the molecule is Cc1nc(-c2cccc(C(=O)N3CC(CO)OCC3C)c2)cs1. The van der Waals surface area contributed by atoms with Gasteiger partial charge in [0.1, 0.15) is 0 Å². The number of aryl methyl sites for hydroxylation is 1. The Kier molecular flexibility index (Phi) is 4.75. The van der Waals surface area contributed by atoms with Crippen molar-refractivity contribution >= 4 is 17.2 Å². The number of thiazole rings is 1. The number of aliphatic hydroxyl groups is 1. The van der Waals surface area contributed by atoms with Gasteiger partial charge in [-0.15, -0.1) is 11.3 Å². The normalized spacial score (nSPS) is 21.4. The maximum Gasteiger partial charge on any atom is 0.254 e. The quantitative estimate of drug-likeness (QED) is 0.937. The first kappa shape index (κ1) is 16.1. The molecular formula is C17H20N2O3S. The standard InChI is InChI=1S/C17H20N2O3S/c1-11-9-22-15(8-20)7-19(11)17(21)14-5-3-4-13(6-14)16-10-23-12(2)18-16/h3-6,10-11,15,20H,7-9H2,1-2H3. The van der Waals surface area contributed by atoms with E-state index in [1.165, 1.54) is 0 Å². The first-order chi connectivity index (χ1) is 11.1. The molecule has 1 aromatic carbocycles. The molecule has 0 aliphatic carbocycles. The maximum absolute atomic E-state index is 12.8. The second kappa shape index (κ2) is 6.78. The van der Waals surface area contributed by atoms with E-state index in [4.69, 9.17) is 4.74 Å². The van der Waals surface area contributed by atoms with Crippen LogP contribution in [-0.2, 0) is 4.74 Å². The monoisotopic (exact) mass is 332 g/mol. The highest BCUT2D eigenvalue weighted by atomic mass is 32.1. The number of amides is 1. The summed E-state index contributed by atoms with van der Waals surface area (Å²) in [4.78, 5) is 19.1. The van der Waals surface area contributed by atoms with Gasteiger partial charge in [-0.05, 0) is 26.0 Å². The van der Waals surface area contributed by atoms with Crippen LogP contribution in [0.25, 0.3) is 11.3 Å². The van der Waals surface area contributed by atoms with Crippen molar-refractivity contribution in [1.82, 2.24) is 9.88 Å². The summed E-state index contributed by atoms with van der Waals surface area (Å²) in [6.07, 6.45) is -0.306. The minimum absolute atomic E-state index is 0.00419. The molecule has 1 aromatic heterocycles. The number of rotatable bonds is 3. The Bertz CT molecular complexity index is 701. The van der Waals surface area contributed by atoms with Crippen LogP contribution in [0.1, 0.15) is 22.3 Å². The fourth-order valence-corrected chi connectivity index (χ4v) is 3.31. The van der Waals surface area contributed by atoms with Gasteiger partial charge in [0.15, 0.2) is 0 Å². The maximum atomic E-state index is 12.8. The predicted octanol–water partition coefficient (Wildman–Crippen LogP) is 2.34. The zero-order chi connectivity index (χ0) is 16.4. The van der Waals surface area contributed by atoms with E-state index in [-0.39, 0.29) is 24.7 Å². The first-order valence-corrected chi connectivity index (χ1v) is 8.52. The molecule has 2 heterocycles. The molecule has 2 atom stereocenters. The minimum Gasteiger partial charge on any atom is -0.394 e. The molecular weight excluding hydrogens is 312 g/mol. The van der Waals surface area contributed by atoms with E-state index >= 15 is 0 Å². The van der Waals surface area contributed by atoms with Crippen molar-refractivity contribution in [2.45, 2.75) is 26.0 Å². The summed E-state index contributed by atoms with van der Waals surface area (Å²) in [6.45, 7) is 4.71. The number of aliphatic hydroxyl groups excluding tert-OH is 1. The molecule has 0 radical (unpaired) electrons. The van der Waals surface area contributed by atoms with Crippen molar-refractivity contribution in [3.05, 3.63) is 40.2 Å². The topological polar surface area (TPSA) is 62.7 Å². The Morgan fingerprint density at radius 2 is 2.35 bits per heavy atom. The van der Waals surface area contributed by atoms with Crippen LogP contribution in [0.2, 0.25) is 0 Å². The number of carbonyl (C=O) groups is 1. The molecule has 122 valence electrons. The third-order valence-corrected chi connectivity index (χ3v) is 4.77. The van der Waals surface area contributed by atoms with Crippen molar-refractivity contribution in [3.63, 3.8) is 0 Å². The van der Waals surface area contributed by atoms with E-state index < -0.39 is 0 Å².